The molecule has 0 radical (unpaired) electrons. The predicted molar refractivity (Wildman–Crippen MR) is 93.9 cm³/mol. The van der Waals surface area contributed by atoms with Crippen LogP contribution in [0.25, 0.3) is 10.6 Å². The number of halogens is 1. The Hall–Kier alpha value is -0.780. The Morgan fingerprint density at radius 3 is 2.67 bits per heavy atom. The van der Waals surface area contributed by atoms with E-state index in [4.69, 9.17) is 0 Å². The summed E-state index contributed by atoms with van der Waals surface area (Å²) in [6, 6.07) is 6.30. The highest BCUT2D eigenvalue weighted by molar-refractivity contribution is 9.10. The summed E-state index contributed by atoms with van der Waals surface area (Å²) in [5, 5.41) is 14.2. The van der Waals surface area contributed by atoms with Gasteiger partial charge in [-0.1, -0.05) is 33.3 Å². The van der Waals surface area contributed by atoms with Crippen molar-refractivity contribution in [2.45, 2.75) is 46.1 Å². The lowest BCUT2D eigenvalue weighted by Crippen LogP contribution is -2.36. The highest BCUT2D eigenvalue weighted by atomic mass is 79.9. The van der Waals surface area contributed by atoms with E-state index in [0.717, 1.165) is 39.4 Å². The van der Waals surface area contributed by atoms with Gasteiger partial charge in [0.1, 0.15) is 10.0 Å². The first-order valence-electron chi connectivity index (χ1n) is 7.19. The third-order valence-electron chi connectivity index (χ3n) is 3.09. The van der Waals surface area contributed by atoms with Gasteiger partial charge in [-0.2, -0.15) is 0 Å². The molecule has 2 rings (SSSR count). The molecular weight excluding hydrogens is 346 g/mol. The number of aromatic nitrogens is 2. The van der Waals surface area contributed by atoms with E-state index in [2.05, 4.69) is 77.3 Å². The van der Waals surface area contributed by atoms with Crippen LogP contribution in [-0.2, 0) is 6.42 Å². The van der Waals surface area contributed by atoms with Crippen LogP contribution in [0.4, 0.5) is 0 Å². The van der Waals surface area contributed by atoms with Crippen LogP contribution in [0.15, 0.2) is 22.7 Å². The van der Waals surface area contributed by atoms with Crippen LogP contribution in [0.3, 0.4) is 0 Å². The number of nitrogens with one attached hydrogen (secondary N) is 1. The lowest BCUT2D eigenvalue weighted by Gasteiger charge is -2.20. The van der Waals surface area contributed by atoms with Gasteiger partial charge in [-0.3, -0.25) is 0 Å². The smallest absolute Gasteiger partial charge is 0.147 e. The molecule has 0 aliphatic heterocycles. The van der Waals surface area contributed by atoms with Crippen molar-refractivity contribution in [3.63, 3.8) is 0 Å². The van der Waals surface area contributed by atoms with Crippen LogP contribution in [0, 0.1) is 6.92 Å². The maximum Gasteiger partial charge on any atom is 0.147 e. The summed E-state index contributed by atoms with van der Waals surface area (Å²) in [5.41, 5.74) is 2.55. The fraction of sp³-hybridized carbons (Fsp3) is 0.500. The average Bonchev–Trinajstić information content (AvgIpc) is 2.86. The van der Waals surface area contributed by atoms with Gasteiger partial charge in [-0.25, -0.2) is 0 Å². The molecule has 21 heavy (non-hydrogen) atoms. The van der Waals surface area contributed by atoms with Gasteiger partial charge < -0.3 is 5.32 Å². The van der Waals surface area contributed by atoms with Gasteiger partial charge in [0, 0.05) is 22.0 Å². The SMILES string of the molecule is Cc1cc(-c2nnc(CCCNC(C)(C)C)s2)ccc1Br. The van der Waals surface area contributed by atoms with Gasteiger partial charge in [0.15, 0.2) is 0 Å². The standard InChI is InChI=1S/C16H22BrN3S/c1-11-10-12(7-8-13(11)17)15-20-19-14(21-15)6-5-9-18-16(2,3)4/h7-8,10,18H,5-6,9H2,1-4H3. The molecule has 0 saturated carbocycles. The molecule has 0 fully saturated rings. The van der Waals surface area contributed by atoms with Crippen molar-refractivity contribution in [1.29, 1.82) is 0 Å². The quantitative estimate of drug-likeness (QED) is 0.784. The summed E-state index contributed by atoms with van der Waals surface area (Å²) >= 11 is 5.22. The topological polar surface area (TPSA) is 37.8 Å². The zero-order valence-corrected chi connectivity index (χ0v) is 15.4. The Morgan fingerprint density at radius 1 is 1.24 bits per heavy atom. The van der Waals surface area contributed by atoms with E-state index in [-0.39, 0.29) is 5.54 Å². The average molecular weight is 368 g/mol. The maximum atomic E-state index is 4.32. The molecule has 0 amide bonds. The fourth-order valence-corrected chi connectivity index (χ4v) is 3.08. The van der Waals surface area contributed by atoms with Crippen molar-refractivity contribution < 1.29 is 0 Å². The van der Waals surface area contributed by atoms with E-state index in [1.54, 1.807) is 11.3 Å². The van der Waals surface area contributed by atoms with Gasteiger partial charge in [0.25, 0.3) is 0 Å². The second-order valence-corrected chi connectivity index (χ2v) is 8.16. The predicted octanol–water partition coefficient (Wildman–Crippen LogP) is 4.60. The maximum absolute atomic E-state index is 4.32. The van der Waals surface area contributed by atoms with E-state index in [9.17, 15) is 0 Å². The van der Waals surface area contributed by atoms with Crippen LogP contribution in [0.1, 0.15) is 37.8 Å². The summed E-state index contributed by atoms with van der Waals surface area (Å²) < 4.78 is 1.13. The van der Waals surface area contributed by atoms with Crippen molar-refractivity contribution in [3.05, 3.63) is 33.2 Å². The molecule has 1 aromatic carbocycles. The van der Waals surface area contributed by atoms with Crippen LogP contribution >= 0.6 is 27.3 Å². The minimum absolute atomic E-state index is 0.182. The second-order valence-electron chi connectivity index (χ2n) is 6.25. The Bertz CT molecular complexity index is 602. The van der Waals surface area contributed by atoms with Crippen molar-refractivity contribution in [2.75, 3.05) is 6.54 Å². The van der Waals surface area contributed by atoms with Crippen LogP contribution in [0.5, 0.6) is 0 Å². The van der Waals surface area contributed by atoms with Gasteiger partial charge in [-0.05, 0) is 58.4 Å². The molecule has 0 aliphatic rings. The van der Waals surface area contributed by atoms with Crippen molar-refractivity contribution in [3.8, 4) is 10.6 Å². The number of hydrogen-bond donors (Lipinski definition) is 1. The minimum Gasteiger partial charge on any atom is -0.312 e. The molecule has 0 bridgehead atoms. The second kappa shape index (κ2) is 6.99. The normalized spacial score (nSPS) is 11.9. The van der Waals surface area contributed by atoms with Gasteiger partial charge >= 0.3 is 0 Å². The first-order chi connectivity index (χ1) is 9.85. The zero-order valence-electron chi connectivity index (χ0n) is 13.0. The fourth-order valence-electron chi connectivity index (χ4n) is 1.95. The lowest BCUT2D eigenvalue weighted by atomic mass is 10.1. The Morgan fingerprint density at radius 2 is 2.00 bits per heavy atom. The van der Waals surface area contributed by atoms with Crippen LogP contribution in [-0.4, -0.2) is 22.3 Å². The Balaban J connectivity index is 1.93. The minimum atomic E-state index is 0.182. The summed E-state index contributed by atoms with van der Waals surface area (Å²) in [7, 11) is 0. The monoisotopic (exact) mass is 367 g/mol. The van der Waals surface area contributed by atoms with Gasteiger partial charge in [0.05, 0.1) is 0 Å². The van der Waals surface area contributed by atoms with E-state index in [1.807, 2.05) is 0 Å². The first-order valence-corrected chi connectivity index (χ1v) is 8.80. The van der Waals surface area contributed by atoms with Crippen molar-refractivity contribution >= 4 is 27.3 Å². The summed E-state index contributed by atoms with van der Waals surface area (Å²) in [6.45, 7) is 9.66. The molecule has 0 saturated heterocycles. The van der Waals surface area contributed by atoms with Crippen molar-refractivity contribution in [2.24, 2.45) is 0 Å². The van der Waals surface area contributed by atoms with Gasteiger partial charge in [0.2, 0.25) is 0 Å². The highest BCUT2D eigenvalue weighted by Gasteiger charge is 2.10. The highest BCUT2D eigenvalue weighted by Crippen LogP contribution is 2.27. The largest absolute Gasteiger partial charge is 0.312 e. The third-order valence-corrected chi connectivity index (χ3v) is 5.02. The molecule has 0 aliphatic carbocycles. The number of aryl methyl sites for hydroxylation is 2. The third kappa shape index (κ3) is 5.16. The molecule has 1 N–H and O–H groups in total. The number of benzene rings is 1. The van der Waals surface area contributed by atoms with Gasteiger partial charge in [-0.15, -0.1) is 10.2 Å². The molecule has 0 spiro atoms. The van der Waals surface area contributed by atoms with Crippen molar-refractivity contribution in [1.82, 2.24) is 15.5 Å². The molecule has 1 heterocycles. The molecule has 0 unspecified atom stereocenters. The lowest BCUT2D eigenvalue weighted by molar-refractivity contribution is 0.422. The summed E-state index contributed by atoms with van der Waals surface area (Å²) in [4.78, 5) is 0. The molecule has 1 aromatic heterocycles. The first kappa shape index (κ1) is 16.6. The zero-order chi connectivity index (χ0) is 15.5. The van der Waals surface area contributed by atoms with E-state index < -0.39 is 0 Å². The molecule has 3 nitrogen and oxygen atoms in total. The van der Waals surface area contributed by atoms with E-state index in [0.29, 0.717) is 0 Å². The van der Waals surface area contributed by atoms with E-state index >= 15 is 0 Å². The van der Waals surface area contributed by atoms with Crippen LogP contribution in [0.2, 0.25) is 0 Å². The summed E-state index contributed by atoms with van der Waals surface area (Å²) in [5.74, 6) is 0. The summed E-state index contributed by atoms with van der Waals surface area (Å²) in [6.07, 6.45) is 2.07. The number of nitrogens with zero attached hydrogens (tertiary/aromatic N) is 2. The molecule has 0 atom stereocenters. The Kier molecular flexibility index (Phi) is 5.52. The van der Waals surface area contributed by atoms with E-state index in [1.165, 1.54) is 5.56 Å². The molecule has 5 heteroatoms. The number of rotatable bonds is 5. The van der Waals surface area contributed by atoms with Crippen LogP contribution < -0.4 is 5.32 Å². The Labute approximate surface area is 139 Å². The molecular formula is C16H22BrN3S. The molecule has 114 valence electrons. The number of hydrogen-bond acceptors (Lipinski definition) is 4. The molecule has 2 aromatic rings.